The molecule has 0 bridgehead atoms. The van der Waals surface area contributed by atoms with E-state index in [1.807, 2.05) is 0 Å². The molecule has 1 aliphatic rings. The lowest BCUT2D eigenvalue weighted by atomic mass is 9.92. The van der Waals surface area contributed by atoms with Crippen LogP contribution in [0.5, 0.6) is 0 Å². The molecule has 0 saturated carbocycles. The van der Waals surface area contributed by atoms with Gasteiger partial charge in [0.25, 0.3) is 0 Å². The summed E-state index contributed by atoms with van der Waals surface area (Å²) >= 11 is 0. The van der Waals surface area contributed by atoms with Crippen molar-refractivity contribution in [2.75, 3.05) is 19.0 Å². The third-order valence-corrected chi connectivity index (χ3v) is 3.82. The lowest BCUT2D eigenvalue weighted by molar-refractivity contribution is -0.147. The van der Waals surface area contributed by atoms with Gasteiger partial charge in [-0.25, -0.2) is 8.42 Å². The lowest BCUT2D eigenvalue weighted by Gasteiger charge is -2.33. The number of sulfonamides is 1. The minimum atomic E-state index is -3.64. The molecule has 92 valence electrons. The van der Waals surface area contributed by atoms with E-state index in [1.54, 1.807) is 0 Å². The predicted octanol–water partition coefficient (Wildman–Crippen LogP) is -0.274. The summed E-state index contributed by atoms with van der Waals surface area (Å²) in [5.74, 6) is -1.45. The molecule has 0 aromatic heterocycles. The van der Waals surface area contributed by atoms with Crippen molar-refractivity contribution in [3.05, 3.63) is 12.7 Å². The third kappa shape index (κ3) is 3.03. The topological polar surface area (TPSA) is 92.7 Å². The highest BCUT2D eigenvalue weighted by Gasteiger charge is 2.43. The van der Waals surface area contributed by atoms with Gasteiger partial charge in [0, 0.05) is 26.1 Å². The van der Waals surface area contributed by atoms with Crippen molar-refractivity contribution in [1.82, 2.24) is 4.72 Å². The number of nitrogens with one attached hydrogen (secondary N) is 1. The SMILES string of the molecule is C=CCS(=O)(=O)NC1(C(=O)O)CCOCC1. The zero-order chi connectivity index (χ0) is 12.2. The summed E-state index contributed by atoms with van der Waals surface area (Å²) in [5.41, 5.74) is -1.43. The number of rotatable bonds is 5. The average molecular weight is 249 g/mol. The molecule has 1 rings (SSSR count). The summed E-state index contributed by atoms with van der Waals surface area (Å²) in [6.07, 6.45) is 1.49. The Morgan fingerprint density at radius 1 is 1.50 bits per heavy atom. The Kier molecular flexibility index (Phi) is 4.06. The van der Waals surface area contributed by atoms with E-state index in [2.05, 4.69) is 11.3 Å². The summed E-state index contributed by atoms with van der Waals surface area (Å²) in [6.45, 7) is 3.79. The maximum atomic E-state index is 11.5. The van der Waals surface area contributed by atoms with Crippen LogP contribution in [0, 0.1) is 0 Å². The molecule has 6 nitrogen and oxygen atoms in total. The highest BCUT2D eigenvalue weighted by molar-refractivity contribution is 7.89. The minimum absolute atomic E-state index is 0.138. The molecule has 16 heavy (non-hydrogen) atoms. The molecule has 7 heteroatoms. The van der Waals surface area contributed by atoms with Crippen LogP contribution < -0.4 is 4.72 Å². The fourth-order valence-electron chi connectivity index (χ4n) is 1.57. The van der Waals surface area contributed by atoms with Crippen LogP contribution in [-0.2, 0) is 19.6 Å². The van der Waals surface area contributed by atoms with Gasteiger partial charge >= 0.3 is 5.97 Å². The zero-order valence-electron chi connectivity index (χ0n) is 8.81. The smallest absolute Gasteiger partial charge is 0.325 e. The van der Waals surface area contributed by atoms with Gasteiger partial charge in [-0.3, -0.25) is 4.79 Å². The monoisotopic (exact) mass is 249 g/mol. The van der Waals surface area contributed by atoms with Crippen molar-refractivity contribution >= 4 is 16.0 Å². The Labute approximate surface area is 94.3 Å². The molecule has 0 unspecified atom stereocenters. The first-order chi connectivity index (χ1) is 7.42. The first kappa shape index (κ1) is 13.1. The molecule has 0 aromatic rings. The van der Waals surface area contributed by atoms with Gasteiger partial charge in [0.1, 0.15) is 5.54 Å². The van der Waals surface area contributed by atoms with E-state index in [1.165, 1.54) is 6.08 Å². The fourth-order valence-corrected chi connectivity index (χ4v) is 2.85. The predicted molar refractivity (Wildman–Crippen MR) is 57.5 cm³/mol. The van der Waals surface area contributed by atoms with Crippen LogP contribution in [0.4, 0.5) is 0 Å². The molecular formula is C9H15NO5S. The van der Waals surface area contributed by atoms with Gasteiger partial charge in [-0.2, -0.15) is 4.72 Å². The van der Waals surface area contributed by atoms with E-state index in [4.69, 9.17) is 9.84 Å². The Morgan fingerprint density at radius 3 is 2.50 bits per heavy atom. The molecule has 0 atom stereocenters. The number of hydrogen-bond acceptors (Lipinski definition) is 4. The van der Waals surface area contributed by atoms with Gasteiger partial charge in [-0.15, -0.1) is 6.58 Å². The number of aliphatic carboxylic acids is 1. The van der Waals surface area contributed by atoms with Crippen molar-refractivity contribution in [1.29, 1.82) is 0 Å². The van der Waals surface area contributed by atoms with Crippen LogP contribution in [0.1, 0.15) is 12.8 Å². The maximum absolute atomic E-state index is 11.5. The third-order valence-electron chi connectivity index (χ3n) is 2.44. The molecule has 0 amide bonds. The van der Waals surface area contributed by atoms with Crippen LogP contribution in [0.3, 0.4) is 0 Å². The Bertz CT molecular complexity index is 369. The first-order valence-corrected chi connectivity index (χ1v) is 6.51. The second-order valence-electron chi connectivity index (χ2n) is 3.67. The van der Waals surface area contributed by atoms with E-state index >= 15 is 0 Å². The van der Waals surface area contributed by atoms with Crippen LogP contribution in [0.15, 0.2) is 12.7 Å². The fraction of sp³-hybridized carbons (Fsp3) is 0.667. The largest absolute Gasteiger partial charge is 0.480 e. The number of carboxylic acids is 1. The molecule has 1 heterocycles. The molecule has 1 saturated heterocycles. The van der Waals surface area contributed by atoms with Gasteiger partial charge in [-0.05, 0) is 0 Å². The van der Waals surface area contributed by atoms with Crippen molar-refractivity contribution in [3.63, 3.8) is 0 Å². The normalized spacial score (nSPS) is 20.2. The van der Waals surface area contributed by atoms with Crippen molar-refractivity contribution in [3.8, 4) is 0 Å². The Hall–Kier alpha value is -0.920. The average Bonchev–Trinajstić information content (AvgIpc) is 2.17. The lowest BCUT2D eigenvalue weighted by Crippen LogP contribution is -2.57. The molecular weight excluding hydrogens is 234 g/mol. The molecule has 1 fully saturated rings. The standard InChI is InChI=1S/C9H15NO5S/c1-2-7-16(13,14)10-9(8(11)12)3-5-15-6-4-9/h2,10H,1,3-7H2,(H,11,12). The number of carboxylic acid groups (broad SMARTS) is 1. The summed E-state index contributed by atoms with van der Waals surface area (Å²) in [4.78, 5) is 11.1. The second kappa shape index (κ2) is 4.94. The van der Waals surface area contributed by atoms with E-state index in [0.717, 1.165) is 0 Å². The van der Waals surface area contributed by atoms with E-state index in [-0.39, 0.29) is 31.8 Å². The number of hydrogen-bond donors (Lipinski definition) is 2. The zero-order valence-corrected chi connectivity index (χ0v) is 9.62. The van der Waals surface area contributed by atoms with E-state index in [9.17, 15) is 13.2 Å². The van der Waals surface area contributed by atoms with E-state index < -0.39 is 21.5 Å². The summed E-state index contributed by atoms with van der Waals surface area (Å²) in [6, 6.07) is 0. The number of ether oxygens (including phenoxy) is 1. The van der Waals surface area contributed by atoms with Crippen LogP contribution in [-0.4, -0.2) is 44.0 Å². The summed E-state index contributed by atoms with van der Waals surface area (Å²) < 4.78 is 30.3. The highest BCUT2D eigenvalue weighted by atomic mass is 32.2. The molecule has 2 N–H and O–H groups in total. The van der Waals surface area contributed by atoms with Crippen molar-refractivity contribution in [2.24, 2.45) is 0 Å². The van der Waals surface area contributed by atoms with Crippen LogP contribution >= 0.6 is 0 Å². The van der Waals surface area contributed by atoms with Crippen molar-refractivity contribution < 1.29 is 23.1 Å². The molecule has 1 aliphatic heterocycles. The summed E-state index contributed by atoms with van der Waals surface area (Å²) in [5, 5.41) is 9.11. The second-order valence-corrected chi connectivity index (χ2v) is 5.44. The van der Waals surface area contributed by atoms with Gasteiger partial charge in [0.2, 0.25) is 10.0 Å². The quantitative estimate of drug-likeness (QED) is 0.654. The molecule has 0 spiro atoms. The van der Waals surface area contributed by atoms with Gasteiger partial charge in [-0.1, -0.05) is 6.08 Å². The number of carbonyl (C=O) groups is 1. The first-order valence-electron chi connectivity index (χ1n) is 4.85. The highest BCUT2D eigenvalue weighted by Crippen LogP contribution is 2.22. The molecule has 0 radical (unpaired) electrons. The van der Waals surface area contributed by atoms with E-state index in [0.29, 0.717) is 0 Å². The van der Waals surface area contributed by atoms with Crippen LogP contribution in [0.2, 0.25) is 0 Å². The Balaban J connectivity index is 2.87. The summed E-state index contributed by atoms with van der Waals surface area (Å²) in [7, 11) is -3.64. The van der Waals surface area contributed by atoms with Crippen LogP contribution in [0.25, 0.3) is 0 Å². The van der Waals surface area contributed by atoms with Gasteiger partial charge in [0.15, 0.2) is 0 Å². The van der Waals surface area contributed by atoms with Crippen molar-refractivity contribution in [2.45, 2.75) is 18.4 Å². The molecule has 0 aliphatic carbocycles. The van der Waals surface area contributed by atoms with Gasteiger partial charge in [0.05, 0.1) is 5.75 Å². The van der Waals surface area contributed by atoms with Gasteiger partial charge < -0.3 is 9.84 Å². The molecule has 0 aromatic carbocycles. The minimum Gasteiger partial charge on any atom is -0.480 e. The Morgan fingerprint density at radius 2 is 2.06 bits per heavy atom. The maximum Gasteiger partial charge on any atom is 0.325 e.